The molecule has 0 aromatic carbocycles. The molecular formula is C6H5F3NO3S+. The van der Waals surface area contributed by atoms with Gasteiger partial charge in [0.25, 0.3) is 0 Å². The second-order valence-corrected chi connectivity index (χ2v) is 3.89. The lowest BCUT2D eigenvalue weighted by atomic mass is 10.3. The monoisotopic (exact) mass is 228 g/mol. The minimum absolute atomic E-state index is 0.416. The van der Waals surface area contributed by atoms with Crippen LogP contribution in [0.2, 0.25) is 0 Å². The van der Waals surface area contributed by atoms with E-state index in [1.165, 1.54) is 0 Å². The maximum absolute atomic E-state index is 13.0. The summed E-state index contributed by atoms with van der Waals surface area (Å²) >= 11 is 0. The van der Waals surface area contributed by atoms with Crippen LogP contribution in [0.1, 0.15) is 5.56 Å². The van der Waals surface area contributed by atoms with Crippen molar-refractivity contribution >= 4 is 10.1 Å². The summed E-state index contributed by atoms with van der Waals surface area (Å²) in [6, 6.07) is 0. The predicted molar refractivity (Wildman–Crippen MR) is 37.6 cm³/mol. The second-order valence-electron chi connectivity index (χ2n) is 2.53. The van der Waals surface area contributed by atoms with E-state index in [2.05, 4.69) is 0 Å². The molecule has 0 atom stereocenters. The summed E-state index contributed by atoms with van der Waals surface area (Å²) in [5, 5.41) is 0. The van der Waals surface area contributed by atoms with Gasteiger partial charge in [0, 0.05) is 0 Å². The van der Waals surface area contributed by atoms with E-state index in [0.717, 1.165) is 6.92 Å². The van der Waals surface area contributed by atoms with Crippen LogP contribution in [0.15, 0.2) is 11.1 Å². The summed E-state index contributed by atoms with van der Waals surface area (Å²) in [4.78, 5) is -2.42. The minimum atomic E-state index is -5.12. The van der Waals surface area contributed by atoms with E-state index < -0.39 is 37.1 Å². The molecule has 14 heavy (non-hydrogen) atoms. The molecule has 0 saturated heterocycles. The van der Waals surface area contributed by atoms with Crippen molar-refractivity contribution in [2.75, 3.05) is 0 Å². The average molecular weight is 228 g/mol. The van der Waals surface area contributed by atoms with Crippen LogP contribution in [-0.4, -0.2) is 13.0 Å². The molecule has 1 N–H and O–H groups in total. The Bertz CT molecular complexity index is 459. The van der Waals surface area contributed by atoms with Gasteiger partial charge in [-0.2, -0.15) is 8.42 Å². The van der Waals surface area contributed by atoms with Crippen LogP contribution in [0, 0.1) is 18.7 Å². The molecule has 0 aliphatic carbocycles. The molecule has 1 aromatic heterocycles. The Morgan fingerprint density at radius 1 is 1.43 bits per heavy atom. The van der Waals surface area contributed by atoms with Gasteiger partial charge in [-0.05, 0) is 6.92 Å². The number of nitrogens with zero attached hydrogens (tertiary/aromatic N) is 1. The van der Waals surface area contributed by atoms with Crippen molar-refractivity contribution in [2.24, 2.45) is 0 Å². The number of hydrogen-bond acceptors (Lipinski definition) is 2. The normalized spacial score (nSPS) is 11.8. The van der Waals surface area contributed by atoms with E-state index in [1.807, 2.05) is 0 Å². The fourth-order valence-electron chi connectivity index (χ4n) is 0.870. The second kappa shape index (κ2) is 3.21. The SMILES string of the molecule is Cc1c[n+](F)c(F)c(S(=O)(=O)O)c1F. The first-order valence-electron chi connectivity index (χ1n) is 3.29. The third-order valence-corrected chi connectivity index (χ3v) is 2.35. The van der Waals surface area contributed by atoms with E-state index >= 15 is 0 Å². The van der Waals surface area contributed by atoms with Crippen LogP contribution in [0.5, 0.6) is 0 Å². The Balaban J connectivity index is 3.74. The molecular weight excluding hydrogens is 223 g/mol. The number of aromatic nitrogens is 1. The zero-order valence-electron chi connectivity index (χ0n) is 6.83. The number of pyridine rings is 1. The van der Waals surface area contributed by atoms with Gasteiger partial charge < -0.3 is 0 Å². The highest BCUT2D eigenvalue weighted by atomic mass is 32.2. The Kier molecular flexibility index (Phi) is 2.50. The lowest BCUT2D eigenvalue weighted by Crippen LogP contribution is -2.31. The third-order valence-electron chi connectivity index (χ3n) is 1.49. The third kappa shape index (κ3) is 1.70. The first-order valence-corrected chi connectivity index (χ1v) is 4.73. The fraction of sp³-hybridized carbons (Fsp3) is 0.167. The number of halogens is 3. The van der Waals surface area contributed by atoms with Gasteiger partial charge in [0.1, 0.15) is 0 Å². The van der Waals surface area contributed by atoms with Crippen LogP contribution in [0.4, 0.5) is 13.3 Å². The molecule has 0 unspecified atom stereocenters. The van der Waals surface area contributed by atoms with Gasteiger partial charge in [-0.15, -0.1) is 4.39 Å². The predicted octanol–water partition coefficient (Wildman–Crippen LogP) is 0.540. The van der Waals surface area contributed by atoms with Crippen molar-refractivity contribution in [1.82, 2.24) is 0 Å². The molecule has 0 saturated carbocycles. The van der Waals surface area contributed by atoms with Gasteiger partial charge in [0.05, 0.1) is 14.8 Å². The Labute approximate surface area is 77.3 Å². The summed E-state index contributed by atoms with van der Waals surface area (Å²) in [6.45, 7) is 1.03. The van der Waals surface area contributed by atoms with Crippen molar-refractivity contribution in [2.45, 2.75) is 11.8 Å². The van der Waals surface area contributed by atoms with E-state index in [4.69, 9.17) is 4.55 Å². The maximum atomic E-state index is 13.0. The Morgan fingerprint density at radius 2 is 1.93 bits per heavy atom. The van der Waals surface area contributed by atoms with E-state index in [-0.39, 0.29) is 0 Å². The van der Waals surface area contributed by atoms with Crippen LogP contribution >= 0.6 is 0 Å². The Morgan fingerprint density at radius 3 is 2.36 bits per heavy atom. The van der Waals surface area contributed by atoms with Gasteiger partial charge in [0.15, 0.2) is 5.82 Å². The Hall–Kier alpha value is -1.15. The van der Waals surface area contributed by atoms with Crippen molar-refractivity contribution in [1.29, 1.82) is 0 Å². The average Bonchev–Trinajstić information content (AvgIpc) is 1.98. The van der Waals surface area contributed by atoms with E-state index in [9.17, 15) is 21.7 Å². The quantitative estimate of drug-likeness (QED) is 0.563. The van der Waals surface area contributed by atoms with E-state index in [1.54, 1.807) is 0 Å². The van der Waals surface area contributed by atoms with Crippen molar-refractivity contribution in [3.05, 3.63) is 23.5 Å². The lowest BCUT2D eigenvalue weighted by Gasteiger charge is -1.98. The van der Waals surface area contributed by atoms with E-state index in [0.29, 0.717) is 6.20 Å². The molecule has 4 nitrogen and oxygen atoms in total. The van der Waals surface area contributed by atoms with Crippen LogP contribution in [0.3, 0.4) is 0 Å². The summed E-state index contributed by atoms with van der Waals surface area (Å²) in [5.41, 5.74) is -0.443. The first kappa shape index (κ1) is 10.9. The van der Waals surface area contributed by atoms with Gasteiger partial charge in [-0.25, -0.2) is 4.39 Å². The molecule has 0 bridgehead atoms. The summed E-state index contributed by atoms with van der Waals surface area (Å²) in [7, 11) is -5.12. The van der Waals surface area contributed by atoms with Crippen molar-refractivity contribution in [3.63, 3.8) is 0 Å². The molecule has 78 valence electrons. The van der Waals surface area contributed by atoms with Gasteiger partial charge in [-0.3, -0.25) is 4.55 Å². The topological polar surface area (TPSA) is 58.2 Å². The van der Waals surface area contributed by atoms with Crippen LogP contribution < -0.4 is 4.79 Å². The standard InChI is InChI=1S/C6H4F3NO3S/c1-3-2-10(9)6(8)5(4(3)7)14(11,12)13/h2H,1H3/p+1. The molecule has 1 heterocycles. The zero-order valence-corrected chi connectivity index (χ0v) is 7.65. The lowest BCUT2D eigenvalue weighted by molar-refractivity contribution is -0.867. The highest BCUT2D eigenvalue weighted by Crippen LogP contribution is 2.18. The van der Waals surface area contributed by atoms with Gasteiger partial charge >= 0.3 is 16.1 Å². The largest absolute Gasteiger partial charge is 0.429 e. The van der Waals surface area contributed by atoms with Crippen LogP contribution in [-0.2, 0) is 10.1 Å². The highest BCUT2D eigenvalue weighted by Gasteiger charge is 2.33. The number of hydrogen-bond donors (Lipinski definition) is 1. The van der Waals surface area contributed by atoms with Crippen molar-refractivity contribution in [3.8, 4) is 0 Å². The summed E-state index contributed by atoms with van der Waals surface area (Å²) in [6.07, 6.45) is 0.416. The molecule has 0 radical (unpaired) electrons. The van der Waals surface area contributed by atoms with Gasteiger partial charge in [0.2, 0.25) is 11.1 Å². The molecule has 1 aromatic rings. The molecule has 0 fully saturated rings. The van der Waals surface area contributed by atoms with Crippen LogP contribution in [0.25, 0.3) is 0 Å². The maximum Gasteiger partial charge on any atom is 0.429 e. The molecule has 0 amide bonds. The first-order chi connectivity index (χ1) is 6.25. The molecule has 0 aliphatic rings. The molecule has 8 heteroatoms. The number of aryl methyl sites for hydroxylation is 1. The fourth-order valence-corrected chi connectivity index (χ4v) is 1.56. The minimum Gasteiger partial charge on any atom is -0.281 e. The summed E-state index contributed by atoms with van der Waals surface area (Å²) < 4.78 is 67.6. The number of rotatable bonds is 1. The molecule has 0 aliphatic heterocycles. The van der Waals surface area contributed by atoms with Gasteiger partial charge in [-0.1, -0.05) is 0 Å². The smallest absolute Gasteiger partial charge is 0.281 e. The molecule has 0 spiro atoms. The molecule has 1 rings (SSSR count). The summed E-state index contributed by atoms with van der Waals surface area (Å²) in [5.74, 6) is -3.52. The van der Waals surface area contributed by atoms with Crippen molar-refractivity contribution < 1.29 is 31.0 Å². The zero-order chi connectivity index (χ0) is 11.1. The highest BCUT2D eigenvalue weighted by molar-refractivity contribution is 7.85.